The molecule has 0 unspecified atom stereocenters. The molecule has 0 saturated carbocycles. The lowest BCUT2D eigenvalue weighted by molar-refractivity contribution is -0.384. The molecule has 30 heavy (non-hydrogen) atoms. The van der Waals surface area contributed by atoms with E-state index in [2.05, 4.69) is 5.32 Å². The average molecular weight is 414 g/mol. The van der Waals surface area contributed by atoms with Crippen molar-refractivity contribution in [1.29, 1.82) is 0 Å². The van der Waals surface area contributed by atoms with Gasteiger partial charge in [0, 0.05) is 29.8 Å². The molecule has 2 rings (SSSR count). The third kappa shape index (κ3) is 6.40. The third-order valence-corrected chi connectivity index (χ3v) is 4.08. The quantitative estimate of drug-likeness (QED) is 0.274. The molecule has 158 valence electrons. The van der Waals surface area contributed by atoms with Crippen LogP contribution in [0, 0.1) is 10.1 Å². The Kier molecular flexibility index (Phi) is 8.04. The van der Waals surface area contributed by atoms with Gasteiger partial charge in [0.25, 0.3) is 11.6 Å². The molecule has 0 bridgehead atoms. The van der Waals surface area contributed by atoms with Crippen LogP contribution in [0.4, 0.5) is 5.69 Å². The second kappa shape index (κ2) is 10.7. The molecule has 9 nitrogen and oxygen atoms in total. The van der Waals surface area contributed by atoms with Gasteiger partial charge in [0.05, 0.1) is 18.0 Å². The number of non-ortho nitro benzene ring substituents is 1. The van der Waals surface area contributed by atoms with E-state index in [1.54, 1.807) is 24.3 Å². The molecule has 0 aromatic heterocycles. The third-order valence-electron chi connectivity index (χ3n) is 4.08. The van der Waals surface area contributed by atoms with Gasteiger partial charge in [-0.1, -0.05) is 0 Å². The monoisotopic (exact) mass is 414 g/mol. The molecule has 0 aliphatic carbocycles. The summed E-state index contributed by atoms with van der Waals surface area (Å²) < 4.78 is 10.4. The van der Waals surface area contributed by atoms with Gasteiger partial charge < -0.3 is 14.8 Å². The number of carbonyl (C=O) groups is 3. The molecule has 2 aromatic carbocycles. The van der Waals surface area contributed by atoms with Gasteiger partial charge in [0.1, 0.15) is 5.75 Å². The summed E-state index contributed by atoms with van der Waals surface area (Å²) >= 11 is 0. The lowest BCUT2D eigenvalue weighted by Gasteiger charge is -2.13. The molecule has 0 aliphatic heterocycles. The number of carbonyl (C=O) groups excluding carboxylic acids is 3. The lowest BCUT2D eigenvalue weighted by atomic mass is 10.1. The zero-order valence-electron chi connectivity index (χ0n) is 16.6. The number of rotatable bonds is 10. The summed E-state index contributed by atoms with van der Waals surface area (Å²) in [5.74, 6) is -0.814. The number of nitro groups is 1. The van der Waals surface area contributed by atoms with Crippen LogP contribution >= 0.6 is 0 Å². The van der Waals surface area contributed by atoms with Crippen LogP contribution in [0.1, 0.15) is 41.0 Å². The van der Waals surface area contributed by atoms with Crippen molar-refractivity contribution in [1.82, 2.24) is 5.32 Å². The SMILES string of the molecule is CCOc1ccc(C(=O)[C@H](C)OC(=O)CCNC(=O)c2ccc([N+](=O)[O-])cc2)cc1. The van der Waals surface area contributed by atoms with Crippen molar-refractivity contribution in [3.05, 3.63) is 69.8 Å². The van der Waals surface area contributed by atoms with Crippen LogP contribution < -0.4 is 10.1 Å². The van der Waals surface area contributed by atoms with E-state index in [4.69, 9.17) is 9.47 Å². The summed E-state index contributed by atoms with van der Waals surface area (Å²) in [4.78, 5) is 46.4. The summed E-state index contributed by atoms with van der Waals surface area (Å²) in [6.07, 6.45) is -1.10. The molecule has 0 saturated heterocycles. The number of benzene rings is 2. The second-order valence-corrected chi connectivity index (χ2v) is 6.26. The minimum atomic E-state index is -0.971. The Balaban J connectivity index is 1.78. The molecule has 0 fully saturated rings. The number of ether oxygens (including phenoxy) is 2. The standard InChI is InChI=1S/C21H22N2O7/c1-3-29-18-10-6-15(7-11-18)20(25)14(2)30-19(24)12-13-22-21(26)16-4-8-17(9-5-16)23(27)28/h4-11,14H,3,12-13H2,1-2H3,(H,22,26)/t14-/m0/s1. The van der Waals surface area contributed by atoms with E-state index >= 15 is 0 Å². The zero-order chi connectivity index (χ0) is 22.1. The molecule has 1 amide bonds. The predicted octanol–water partition coefficient (Wildman–Crippen LogP) is 2.93. The summed E-state index contributed by atoms with van der Waals surface area (Å²) in [6, 6.07) is 11.6. The van der Waals surface area contributed by atoms with E-state index in [9.17, 15) is 24.5 Å². The molecular formula is C21H22N2O7. The van der Waals surface area contributed by atoms with Crippen molar-refractivity contribution in [2.75, 3.05) is 13.2 Å². The Morgan fingerprint density at radius 1 is 1.03 bits per heavy atom. The van der Waals surface area contributed by atoms with Gasteiger partial charge in [-0.25, -0.2) is 0 Å². The Labute approximate surface area is 173 Å². The number of nitrogens with zero attached hydrogens (tertiary/aromatic N) is 1. The fraction of sp³-hybridized carbons (Fsp3) is 0.286. The Hall–Kier alpha value is -3.75. The fourth-order valence-electron chi connectivity index (χ4n) is 2.54. The maximum Gasteiger partial charge on any atom is 0.308 e. The van der Waals surface area contributed by atoms with Gasteiger partial charge in [-0.2, -0.15) is 0 Å². The van der Waals surface area contributed by atoms with Crippen LogP contribution in [0.25, 0.3) is 0 Å². The highest BCUT2D eigenvalue weighted by Crippen LogP contribution is 2.15. The first-order valence-electron chi connectivity index (χ1n) is 9.31. The molecule has 9 heteroatoms. The number of hydrogen-bond acceptors (Lipinski definition) is 7. The maximum atomic E-state index is 12.4. The number of nitrogens with one attached hydrogen (secondary N) is 1. The summed E-state index contributed by atoms with van der Waals surface area (Å²) in [5, 5.41) is 13.1. The highest BCUT2D eigenvalue weighted by atomic mass is 16.6. The summed E-state index contributed by atoms with van der Waals surface area (Å²) in [5.41, 5.74) is 0.500. The topological polar surface area (TPSA) is 125 Å². The van der Waals surface area contributed by atoms with E-state index in [-0.39, 0.29) is 30.0 Å². The highest BCUT2D eigenvalue weighted by molar-refractivity contribution is 6.00. The van der Waals surface area contributed by atoms with Gasteiger partial charge in [-0.15, -0.1) is 0 Å². The molecule has 0 aliphatic rings. The van der Waals surface area contributed by atoms with E-state index < -0.39 is 22.9 Å². The van der Waals surface area contributed by atoms with Crippen molar-refractivity contribution < 1.29 is 28.8 Å². The minimum absolute atomic E-state index is 0.00137. The van der Waals surface area contributed by atoms with Gasteiger partial charge in [-0.3, -0.25) is 24.5 Å². The lowest BCUT2D eigenvalue weighted by Crippen LogP contribution is -2.29. The van der Waals surface area contributed by atoms with Gasteiger partial charge in [0.15, 0.2) is 6.10 Å². The minimum Gasteiger partial charge on any atom is -0.494 e. The van der Waals surface area contributed by atoms with Crippen molar-refractivity contribution in [3.63, 3.8) is 0 Å². The Bertz CT molecular complexity index is 908. The Morgan fingerprint density at radius 2 is 1.63 bits per heavy atom. The summed E-state index contributed by atoms with van der Waals surface area (Å²) in [6.45, 7) is 3.85. The van der Waals surface area contributed by atoms with Crippen LogP contribution in [-0.4, -0.2) is 41.8 Å². The van der Waals surface area contributed by atoms with Crippen LogP contribution in [0.15, 0.2) is 48.5 Å². The van der Waals surface area contributed by atoms with E-state index in [1.165, 1.54) is 31.2 Å². The van der Waals surface area contributed by atoms with Crippen LogP contribution in [0.3, 0.4) is 0 Å². The predicted molar refractivity (Wildman–Crippen MR) is 108 cm³/mol. The first-order valence-corrected chi connectivity index (χ1v) is 9.31. The number of Topliss-reactive ketones (excluding diaryl/α,β-unsaturated/α-hetero) is 1. The van der Waals surface area contributed by atoms with E-state index in [1.807, 2.05) is 6.92 Å². The first-order chi connectivity index (χ1) is 14.3. The molecular weight excluding hydrogens is 392 g/mol. The van der Waals surface area contributed by atoms with Crippen LogP contribution in [-0.2, 0) is 9.53 Å². The highest BCUT2D eigenvalue weighted by Gasteiger charge is 2.19. The molecule has 0 radical (unpaired) electrons. The molecule has 2 aromatic rings. The van der Waals surface area contributed by atoms with Gasteiger partial charge in [-0.05, 0) is 50.2 Å². The van der Waals surface area contributed by atoms with Crippen molar-refractivity contribution in [2.24, 2.45) is 0 Å². The van der Waals surface area contributed by atoms with Crippen molar-refractivity contribution in [3.8, 4) is 5.75 Å². The number of amides is 1. The van der Waals surface area contributed by atoms with Crippen molar-refractivity contribution in [2.45, 2.75) is 26.4 Å². The smallest absolute Gasteiger partial charge is 0.308 e. The molecule has 1 N–H and O–H groups in total. The average Bonchev–Trinajstić information content (AvgIpc) is 2.74. The van der Waals surface area contributed by atoms with Gasteiger partial charge >= 0.3 is 5.97 Å². The molecule has 0 heterocycles. The first kappa shape index (κ1) is 22.5. The van der Waals surface area contributed by atoms with Crippen LogP contribution in [0.2, 0.25) is 0 Å². The fourth-order valence-corrected chi connectivity index (χ4v) is 2.54. The summed E-state index contributed by atoms with van der Waals surface area (Å²) in [7, 11) is 0. The van der Waals surface area contributed by atoms with Gasteiger partial charge in [0.2, 0.25) is 5.78 Å². The zero-order valence-corrected chi connectivity index (χ0v) is 16.6. The number of esters is 1. The normalized spacial score (nSPS) is 11.3. The maximum absolute atomic E-state index is 12.4. The molecule has 0 spiro atoms. The second-order valence-electron chi connectivity index (χ2n) is 6.26. The van der Waals surface area contributed by atoms with Crippen molar-refractivity contribution >= 4 is 23.3 Å². The largest absolute Gasteiger partial charge is 0.494 e. The van der Waals surface area contributed by atoms with E-state index in [0.717, 1.165) is 0 Å². The van der Waals surface area contributed by atoms with E-state index in [0.29, 0.717) is 17.9 Å². The number of ketones is 1. The molecule has 1 atom stereocenters. The number of hydrogen-bond donors (Lipinski definition) is 1. The van der Waals surface area contributed by atoms with Crippen LogP contribution in [0.5, 0.6) is 5.75 Å². The Morgan fingerprint density at radius 3 is 2.20 bits per heavy atom. The number of nitro benzene ring substituents is 1.